The quantitative estimate of drug-likeness (QED) is 0.613. The molecule has 0 atom stereocenters. The number of nitrogens with one attached hydrogen (secondary N) is 1. The first kappa shape index (κ1) is 24.4. The average molecular weight is 472 g/mol. The molecule has 1 aliphatic carbocycles. The van der Waals surface area contributed by atoms with Crippen LogP contribution in [0.3, 0.4) is 0 Å². The Morgan fingerprint density at radius 1 is 1.15 bits per heavy atom. The summed E-state index contributed by atoms with van der Waals surface area (Å²) in [5.41, 5.74) is 0.271. The molecule has 0 bridgehead atoms. The number of imide groups is 1. The standard InChI is InChI=1S/C26H37N3O5/c1-5-25(3,4)19-9-11-26(12-10-19)23(31)29(24(32)27-26)17-22(30)28(6-2)16-18-7-8-20-21(15-18)34-14-13-33-20/h7-8,15,19H,5-6,9-14,16-17H2,1-4H3,(H,27,32). The number of amides is 4. The van der Waals surface area contributed by atoms with Crippen molar-refractivity contribution in [3.63, 3.8) is 0 Å². The second-order valence-corrected chi connectivity index (χ2v) is 10.4. The highest BCUT2D eigenvalue weighted by molar-refractivity contribution is 6.09. The molecule has 0 unspecified atom stereocenters. The Balaban J connectivity index is 1.39. The summed E-state index contributed by atoms with van der Waals surface area (Å²) in [6.45, 7) is 10.3. The third-order valence-corrected chi connectivity index (χ3v) is 8.11. The van der Waals surface area contributed by atoms with E-state index in [0.29, 0.717) is 56.6 Å². The maximum absolute atomic E-state index is 13.3. The van der Waals surface area contributed by atoms with E-state index in [1.54, 1.807) is 4.90 Å². The van der Waals surface area contributed by atoms with E-state index >= 15 is 0 Å². The largest absolute Gasteiger partial charge is 0.486 e. The van der Waals surface area contributed by atoms with Crippen LogP contribution in [0.2, 0.25) is 0 Å². The van der Waals surface area contributed by atoms with E-state index in [1.807, 2.05) is 25.1 Å². The SMILES string of the molecule is CCN(Cc1ccc2c(c1)OCCO2)C(=O)CN1C(=O)NC2(CCC(C(C)(C)CC)CC2)C1=O. The van der Waals surface area contributed by atoms with Gasteiger partial charge < -0.3 is 19.7 Å². The lowest BCUT2D eigenvalue weighted by molar-refractivity contribution is -0.140. The van der Waals surface area contributed by atoms with Crippen molar-refractivity contribution < 1.29 is 23.9 Å². The van der Waals surface area contributed by atoms with E-state index in [1.165, 1.54) is 0 Å². The van der Waals surface area contributed by atoms with Crippen LogP contribution in [-0.4, -0.2) is 59.5 Å². The lowest BCUT2D eigenvalue weighted by Crippen LogP contribution is -2.51. The van der Waals surface area contributed by atoms with E-state index in [4.69, 9.17) is 9.47 Å². The van der Waals surface area contributed by atoms with Crippen molar-refractivity contribution >= 4 is 17.8 Å². The van der Waals surface area contributed by atoms with Gasteiger partial charge in [0.15, 0.2) is 11.5 Å². The van der Waals surface area contributed by atoms with Gasteiger partial charge in [-0.25, -0.2) is 4.79 Å². The van der Waals surface area contributed by atoms with Crippen LogP contribution in [0.4, 0.5) is 4.79 Å². The topological polar surface area (TPSA) is 88.2 Å². The van der Waals surface area contributed by atoms with Crippen LogP contribution >= 0.6 is 0 Å². The van der Waals surface area contributed by atoms with Gasteiger partial charge in [-0.15, -0.1) is 0 Å². The molecule has 0 radical (unpaired) electrons. The summed E-state index contributed by atoms with van der Waals surface area (Å²) in [6.07, 6.45) is 4.15. The molecule has 4 rings (SSSR count). The number of carbonyl (C=O) groups excluding carboxylic acids is 3. The third kappa shape index (κ3) is 4.59. The van der Waals surface area contributed by atoms with Gasteiger partial charge in [-0.1, -0.05) is 33.3 Å². The van der Waals surface area contributed by atoms with E-state index in [0.717, 1.165) is 29.7 Å². The fourth-order valence-corrected chi connectivity index (χ4v) is 5.36. The molecule has 1 spiro atoms. The maximum atomic E-state index is 13.3. The van der Waals surface area contributed by atoms with Crippen LogP contribution in [0.5, 0.6) is 11.5 Å². The highest BCUT2D eigenvalue weighted by Gasteiger charge is 2.53. The van der Waals surface area contributed by atoms with E-state index in [2.05, 4.69) is 26.1 Å². The summed E-state index contributed by atoms with van der Waals surface area (Å²) >= 11 is 0. The third-order valence-electron chi connectivity index (χ3n) is 8.11. The van der Waals surface area contributed by atoms with Crippen LogP contribution in [0, 0.1) is 11.3 Å². The minimum Gasteiger partial charge on any atom is -0.486 e. The minimum absolute atomic E-state index is 0.221. The van der Waals surface area contributed by atoms with E-state index in [9.17, 15) is 14.4 Å². The number of hydrogen-bond acceptors (Lipinski definition) is 5. The first-order valence-electron chi connectivity index (χ1n) is 12.5. The fourth-order valence-electron chi connectivity index (χ4n) is 5.36. The number of hydrogen-bond donors (Lipinski definition) is 1. The number of nitrogens with zero attached hydrogens (tertiary/aromatic N) is 2. The van der Waals surface area contributed by atoms with Crippen molar-refractivity contribution in [2.24, 2.45) is 11.3 Å². The number of likely N-dealkylation sites (N-methyl/N-ethyl adjacent to an activating group) is 1. The first-order valence-corrected chi connectivity index (χ1v) is 12.5. The summed E-state index contributed by atoms with van der Waals surface area (Å²) in [4.78, 5) is 41.9. The molecule has 8 heteroatoms. The predicted octanol–water partition coefficient (Wildman–Crippen LogP) is 3.72. The highest BCUT2D eigenvalue weighted by atomic mass is 16.6. The molecule has 186 valence electrons. The Bertz CT molecular complexity index is 952. The van der Waals surface area contributed by atoms with Crippen molar-refractivity contribution in [1.29, 1.82) is 0 Å². The van der Waals surface area contributed by atoms with Gasteiger partial charge in [-0.3, -0.25) is 14.5 Å². The van der Waals surface area contributed by atoms with Gasteiger partial charge in [0, 0.05) is 13.1 Å². The molecule has 1 aromatic rings. The molecule has 1 saturated heterocycles. The lowest BCUT2D eigenvalue weighted by Gasteiger charge is -2.42. The molecule has 1 aromatic carbocycles. The number of urea groups is 1. The first-order chi connectivity index (χ1) is 16.2. The number of fused-ring (bicyclic) bond motifs is 1. The van der Waals surface area contributed by atoms with Gasteiger partial charge in [0.2, 0.25) is 5.91 Å². The van der Waals surface area contributed by atoms with Gasteiger partial charge in [0.1, 0.15) is 25.3 Å². The number of rotatable bonds is 7. The lowest BCUT2D eigenvalue weighted by atomic mass is 9.65. The molecule has 2 aliphatic heterocycles. The fraction of sp³-hybridized carbons (Fsp3) is 0.654. The summed E-state index contributed by atoms with van der Waals surface area (Å²) in [5, 5.41) is 2.94. The Kier molecular flexibility index (Phi) is 6.78. The van der Waals surface area contributed by atoms with Crippen molar-refractivity contribution in [1.82, 2.24) is 15.1 Å². The molecular weight excluding hydrogens is 434 g/mol. The van der Waals surface area contributed by atoms with Gasteiger partial charge >= 0.3 is 6.03 Å². The van der Waals surface area contributed by atoms with Crippen LogP contribution < -0.4 is 14.8 Å². The normalized spacial score (nSPS) is 24.4. The zero-order valence-electron chi connectivity index (χ0n) is 20.8. The summed E-state index contributed by atoms with van der Waals surface area (Å²) in [7, 11) is 0. The highest BCUT2D eigenvalue weighted by Crippen LogP contribution is 2.45. The molecule has 8 nitrogen and oxygen atoms in total. The van der Waals surface area contributed by atoms with Crippen LogP contribution in [-0.2, 0) is 16.1 Å². The molecule has 2 fully saturated rings. The van der Waals surface area contributed by atoms with Gasteiger partial charge in [-0.05, 0) is 61.6 Å². The molecule has 1 saturated carbocycles. The summed E-state index contributed by atoms with van der Waals surface area (Å²) in [5.74, 6) is 1.40. The summed E-state index contributed by atoms with van der Waals surface area (Å²) < 4.78 is 11.2. The Morgan fingerprint density at radius 2 is 1.82 bits per heavy atom. The molecular formula is C26H37N3O5. The average Bonchev–Trinajstić information content (AvgIpc) is 3.06. The molecule has 4 amide bonds. The van der Waals surface area contributed by atoms with E-state index < -0.39 is 11.6 Å². The molecule has 3 aliphatic rings. The molecule has 0 aromatic heterocycles. The van der Waals surface area contributed by atoms with Crippen molar-refractivity contribution in [3.05, 3.63) is 23.8 Å². The number of benzene rings is 1. The Morgan fingerprint density at radius 3 is 2.47 bits per heavy atom. The van der Waals surface area contributed by atoms with Crippen molar-refractivity contribution in [2.45, 2.75) is 71.9 Å². The maximum Gasteiger partial charge on any atom is 0.325 e. The van der Waals surface area contributed by atoms with Gasteiger partial charge in [0.25, 0.3) is 5.91 Å². The number of carbonyl (C=O) groups is 3. The Labute approximate surface area is 201 Å². The predicted molar refractivity (Wildman–Crippen MR) is 128 cm³/mol. The molecule has 1 N–H and O–H groups in total. The summed E-state index contributed by atoms with van der Waals surface area (Å²) in [6, 6.07) is 5.17. The minimum atomic E-state index is -0.857. The van der Waals surface area contributed by atoms with Crippen molar-refractivity contribution in [3.8, 4) is 11.5 Å². The molecule has 2 heterocycles. The smallest absolute Gasteiger partial charge is 0.325 e. The van der Waals surface area contributed by atoms with E-state index in [-0.39, 0.29) is 23.8 Å². The van der Waals surface area contributed by atoms with Crippen LogP contribution in [0.15, 0.2) is 18.2 Å². The second-order valence-electron chi connectivity index (χ2n) is 10.4. The van der Waals surface area contributed by atoms with Crippen molar-refractivity contribution in [2.75, 3.05) is 26.3 Å². The second kappa shape index (κ2) is 9.47. The zero-order chi connectivity index (χ0) is 24.5. The zero-order valence-corrected chi connectivity index (χ0v) is 20.8. The Hall–Kier alpha value is -2.77. The number of ether oxygens (including phenoxy) is 2. The van der Waals surface area contributed by atoms with Gasteiger partial charge in [0.05, 0.1) is 0 Å². The molecule has 34 heavy (non-hydrogen) atoms. The van der Waals surface area contributed by atoms with Crippen LogP contribution in [0.25, 0.3) is 0 Å². The van der Waals surface area contributed by atoms with Crippen LogP contribution in [0.1, 0.15) is 65.4 Å². The monoisotopic (exact) mass is 471 g/mol. The van der Waals surface area contributed by atoms with Gasteiger partial charge in [-0.2, -0.15) is 0 Å².